The van der Waals surface area contributed by atoms with Gasteiger partial charge in [-0.1, -0.05) is 0 Å². The van der Waals surface area contributed by atoms with Gasteiger partial charge in [0.05, 0.1) is 6.10 Å². The zero-order valence-electron chi connectivity index (χ0n) is 6.82. The van der Waals surface area contributed by atoms with Crippen LogP contribution in [0.3, 0.4) is 0 Å². The van der Waals surface area contributed by atoms with Crippen molar-refractivity contribution in [2.75, 3.05) is 0 Å². The van der Waals surface area contributed by atoms with Gasteiger partial charge in [-0.2, -0.15) is 0 Å². The second kappa shape index (κ2) is 5.54. The van der Waals surface area contributed by atoms with Gasteiger partial charge in [0.2, 0.25) is 11.8 Å². The van der Waals surface area contributed by atoms with E-state index in [0.29, 0.717) is 12.8 Å². The van der Waals surface area contributed by atoms with E-state index in [0.717, 1.165) is 0 Å². The number of carbonyl (C=O) groups excluding carboxylic acids is 2. The summed E-state index contributed by atoms with van der Waals surface area (Å²) in [5.41, 5.74) is 9.71. The van der Waals surface area contributed by atoms with Crippen LogP contribution in [0.5, 0.6) is 0 Å². The number of primary amides is 2. The summed E-state index contributed by atoms with van der Waals surface area (Å²) in [6, 6.07) is 0. The lowest BCUT2D eigenvalue weighted by Gasteiger charge is -2.06. The van der Waals surface area contributed by atoms with E-state index in [1.807, 2.05) is 0 Å². The normalized spacial score (nSPS) is 10.2. The van der Waals surface area contributed by atoms with Crippen molar-refractivity contribution >= 4 is 11.8 Å². The van der Waals surface area contributed by atoms with Crippen LogP contribution in [0.25, 0.3) is 0 Å². The monoisotopic (exact) mass is 174 g/mol. The molecule has 0 spiro atoms. The van der Waals surface area contributed by atoms with Crippen molar-refractivity contribution in [2.45, 2.75) is 31.8 Å². The summed E-state index contributed by atoms with van der Waals surface area (Å²) in [5.74, 6) is -0.902. The molecule has 0 saturated heterocycles. The fourth-order valence-corrected chi connectivity index (χ4v) is 0.762. The molecule has 5 N–H and O–H groups in total. The molecule has 0 aliphatic rings. The van der Waals surface area contributed by atoms with Crippen LogP contribution in [0.1, 0.15) is 25.7 Å². The van der Waals surface area contributed by atoms with Crippen LogP contribution in [-0.4, -0.2) is 23.0 Å². The molecule has 0 radical (unpaired) electrons. The van der Waals surface area contributed by atoms with Gasteiger partial charge in [0.15, 0.2) is 0 Å². The van der Waals surface area contributed by atoms with Crippen molar-refractivity contribution in [3.63, 3.8) is 0 Å². The van der Waals surface area contributed by atoms with Gasteiger partial charge in [0.25, 0.3) is 0 Å². The number of aliphatic hydroxyl groups excluding tert-OH is 1. The van der Waals surface area contributed by atoms with Crippen molar-refractivity contribution in [3.8, 4) is 0 Å². The number of amides is 2. The van der Waals surface area contributed by atoms with E-state index in [9.17, 15) is 9.59 Å². The van der Waals surface area contributed by atoms with Crippen molar-refractivity contribution in [1.29, 1.82) is 0 Å². The summed E-state index contributed by atoms with van der Waals surface area (Å²) >= 11 is 0. The standard InChI is InChI=1S/C7H14N2O3/c8-6(11)3-1-5(10)2-4-7(9)12/h5,10H,1-4H2,(H2,8,11)(H2,9,12). The van der Waals surface area contributed by atoms with E-state index >= 15 is 0 Å². The third-order valence-corrected chi connectivity index (χ3v) is 1.45. The Labute approximate surface area is 70.7 Å². The van der Waals surface area contributed by atoms with E-state index in [-0.39, 0.29) is 12.8 Å². The van der Waals surface area contributed by atoms with Gasteiger partial charge in [-0.05, 0) is 12.8 Å². The highest BCUT2D eigenvalue weighted by Gasteiger charge is 2.07. The largest absolute Gasteiger partial charge is 0.393 e. The first-order valence-electron chi connectivity index (χ1n) is 3.77. The summed E-state index contributed by atoms with van der Waals surface area (Å²) in [7, 11) is 0. The van der Waals surface area contributed by atoms with Crippen LogP contribution < -0.4 is 11.5 Å². The third-order valence-electron chi connectivity index (χ3n) is 1.45. The van der Waals surface area contributed by atoms with Gasteiger partial charge in [-0.15, -0.1) is 0 Å². The molecule has 0 aromatic carbocycles. The molecule has 0 bridgehead atoms. The lowest BCUT2D eigenvalue weighted by Crippen LogP contribution is -2.18. The molecule has 0 aromatic rings. The highest BCUT2D eigenvalue weighted by molar-refractivity contribution is 5.74. The Hall–Kier alpha value is -1.10. The molecule has 0 unspecified atom stereocenters. The Morgan fingerprint density at radius 3 is 1.67 bits per heavy atom. The van der Waals surface area contributed by atoms with Crippen molar-refractivity contribution in [3.05, 3.63) is 0 Å². The van der Waals surface area contributed by atoms with E-state index in [2.05, 4.69) is 0 Å². The molecule has 5 nitrogen and oxygen atoms in total. The maximum atomic E-state index is 10.3. The minimum Gasteiger partial charge on any atom is -0.393 e. The third kappa shape index (κ3) is 7.01. The van der Waals surface area contributed by atoms with Crippen LogP contribution in [0.15, 0.2) is 0 Å². The van der Waals surface area contributed by atoms with Gasteiger partial charge in [0.1, 0.15) is 0 Å². The Morgan fingerprint density at radius 2 is 1.42 bits per heavy atom. The van der Waals surface area contributed by atoms with Crippen LogP contribution in [0, 0.1) is 0 Å². The molecule has 0 rings (SSSR count). The van der Waals surface area contributed by atoms with E-state index < -0.39 is 17.9 Å². The molecule has 2 amide bonds. The SMILES string of the molecule is NC(=O)CCC(O)CCC(N)=O. The Bertz CT molecular complexity index is 152. The van der Waals surface area contributed by atoms with Crippen molar-refractivity contribution in [2.24, 2.45) is 11.5 Å². The lowest BCUT2D eigenvalue weighted by atomic mass is 10.1. The lowest BCUT2D eigenvalue weighted by molar-refractivity contribution is -0.118. The predicted molar refractivity (Wildman–Crippen MR) is 42.9 cm³/mol. The fraction of sp³-hybridized carbons (Fsp3) is 0.714. The van der Waals surface area contributed by atoms with Gasteiger partial charge in [-0.3, -0.25) is 9.59 Å². The molecule has 0 aliphatic carbocycles. The van der Waals surface area contributed by atoms with Crippen molar-refractivity contribution < 1.29 is 14.7 Å². The maximum Gasteiger partial charge on any atom is 0.217 e. The van der Waals surface area contributed by atoms with Gasteiger partial charge >= 0.3 is 0 Å². The Kier molecular flexibility index (Phi) is 5.03. The minimum atomic E-state index is -0.662. The average molecular weight is 174 g/mol. The van der Waals surface area contributed by atoms with E-state index in [1.165, 1.54) is 0 Å². The molecule has 0 aliphatic heterocycles. The molecule has 0 atom stereocenters. The topological polar surface area (TPSA) is 106 Å². The highest BCUT2D eigenvalue weighted by atomic mass is 16.3. The molecule has 5 heteroatoms. The molecule has 12 heavy (non-hydrogen) atoms. The molecular formula is C7H14N2O3. The molecule has 0 aromatic heterocycles. The highest BCUT2D eigenvalue weighted by Crippen LogP contribution is 2.03. The molecular weight excluding hydrogens is 160 g/mol. The summed E-state index contributed by atoms with van der Waals surface area (Å²) in [6.07, 6.45) is 0.204. The van der Waals surface area contributed by atoms with Crippen LogP contribution in [0.4, 0.5) is 0 Å². The molecule has 0 saturated carbocycles. The second-order valence-corrected chi connectivity index (χ2v) is 2.66. The molecule has 0 fully saturated rings. The molecule has 0 heterocycles. The number of hydrogen-bond donors (Lipinski definition) is 3. The summed E-state index contributed by atoms with van der Waals surface area (Å²) in [5, 5.41) is 9.13. The molecule has 70 valence electrons. The van der Waals surface area contributed by atoms with Crippen LogP contribution in [0.2, 0.25) is 0 Å². The smallest absolute Gasteiger partial charge is 0.217 e. The first kappa shape index (κ1) is 10.9. The van der Waals surface area contributed by atoms with E-state index in [4.69, 9.17) is 16.6 Å². The Balaban J connectivity index is 3.39. The quantitative estimate of drug-likeness (QED) is 0.474. The minimum absolute atomic E-state index is 0.139. The van der Waals surface area contributed by atoms with Gasteiger partial charge < -0.3 is 16.6 Å². The van der Waals surface area contributed by atoms with Gasteiger partial charge in [-0.25, -0.2) is 0 Å². The number of hydrogen-bond acceptors (Lipinski definition) is 3. The van der Waals surface area contributed by atoms with Gasteiger partial charge in [0, 0.05) is 12.8 Å². The number of rotatable bonds is 6. The predicted octanol–water partition coefficient (Wildman–Crippen LogP) is -1.12. The number of aliphatic hydroxyl groups is 1. The summed E-state index contributed by atoms with van der Waals surface area (Å²) in [4.78, 5) is 20.5. The number of nitrogens with two attached hydrogens (primary N) is 2. The fourth-order valence-electron chi connectivity index (χ4n) is 0.762. The zero-order valence-corrected chi connectivity index (χ0v) is 6.82. The average Bonchev–Trinajstić information content (AvgIpc) is 1.96. The second-order valence-electron chi connectivity index (χ2n) is 2.66. The zero-order chi connectivity index (χ0) is 9.56. The van der Waals surface area contributed by atoms with Crippen molar-refractivity contribution in [1.82, 2.24) is 0 Å². The summed E-state index contributed by atoms with van der Waals surface area (Å²) in [6.45, 7) is 0. The first-order chi connectivity index (χ1) is 5.52. The maximum absolute atomic E-state index is 10.3. The number of carbonyl (C=O) groups is 2. The van der Waals surface area contributed by atoms with Crippen LogP contribution >= 0.6 is 0 Å². The first-order valence-corrected chi connectivity index (χ1v) is 3.77. The summed E-state index contributed by atoms with van der Waals surface area (Å²) < 4.78 is 0. The van der Waals surface area contributed by atoms with Crippen LogP contribution in [-0.2, 0) is 9.59 Å². The van der Waals surface area contributed by atoms with E-state index in [1.54, 1.807) is 0 Å². The Morgan fingerprint density at radius 1 is 1.08 bits per heavy atom.